The van der Waals surface area contributed by atoms with Gasteiger partial charge in [-0.2, -0.15) is 5.10 Å². The number of rotatable bonds is 6. The number of carbonyl (C=O) groups is 2. The minimum atomic E-state index is -0.593. The number of benzene rings is 2. The quantitative estimate of drug-likeness (QED) is 0.523. The number of allylic oxidation sites excluding steroid dienone is 2. The van der Waals surface area contributed by atoms with Crippen molar-refractivity contribution < 1.29 is 14.3 Å². The van der Waals surface area contributed by atoms with Crippen LogP contribution in [0.25, 0.3) is 6.08 Å². The Morgan fingerprint density at radius 3 is 2.55 bits per heavy atom. The molecular weight excluding hydrogens is 368 g/mol. The van der Waals surface area contributed by atoms with Crippen molar-refractivity contribution in [1.82, 2.24) is 16.1 Å². The number of nitrogens with one attached hydrogen (secondary N) is 3. The van der Waals surface area contributed by atoms with Gasteiger partial charge in [0, 0.05) is 11.9 Å². The Balaban J connectivity index is 1.73. The Labute approximate surface area is 169 Å². The van der Waals surface area contributed by atoms with E-state index in [-0.39, 0.29) is 6.03 Å². The summed E-state index contributed by atoms with van der Waals surface area (Å²) in [7, 11) is 1.58. The number of ether oxygens (including phenoxy) is 1. The summed E-state index contributed by atoms with van der Waals surface area (Å²) >= 11 is 0. The fraction of sp³-hybridized carbons (Fsp3) is 0.136. The van der Waals surface area contributed by atoms with Crippen LogP contribution in [0, 0.1) is 0 Å². The van der Waals surface area contributed by atoms with Crippen LogP contribution in [0.4, 0.5) is 4.79 Å². The standard InChI is InChI=1S/C22H22N4O3/c1-15-19(21(27)26-23-14-6-9-16-7-4-3-5-8-16)20(25-22(28)24-15)17-10-12-18(29-2)13-11-17/h3-14,20H,1-2H3,(H,26,27)(H2,24,25,28)/b9-6+,23-14+. The van der Waals surface area contributed by atoms with Crippen LogP contribution in [0.5, 0.6) is 5.75 Å². The predicted octanol–water partition coefficient (Wildman–Crippen LogP) is 3.14. The van der Waals surface area contributed by atoms with Gasteiger partial charge >= 0.3 is 6.03 Å². The van der Waals surface area contributed by atoms with Crippen molar-refractivity contribution in [2.45, 2.75) is 13.0 Å². The van der Waals surface area contributed by atoms with Gasteiger partial charge in [0.25, 0.3) is 5.91 Å². The maximum Gasteiger partial charge on any atom is 0.319 e. The minimum absolute atomic E-state index is 0.367. The number of carbonyl (C=O) groups excluding carboxylic acids is 2. The van der Waals surface area contributed by atoms with E-state index in [1.165, 1.54) is 6.21 Å². The molecule has 0 aliphatic carbocycles. The molecule has 3 N–H and O–H groups in total. The Hall–Kier alpha value is -3.87. The lowest BCUT2D eigenvalue weighted by molar-refractivity contribution is -0.117. The summed E-state index contributed by atoms with van der Waals surface area (Å²) in [6.07, 6.45) is 5.11. The van der Waals surface area contributed by atoms with Gasteiger partial charge in [-0.25, -0.2) is 10.2 Å². The molecule has 0 aromatic heterocycles. The lowest BCUT2D eigenvalue weighted by atomic mass is 9.95. The Bertz CT molecular complexity index is 963. The minimum Gasteiger partial charge on any atom is -0.497 e. The van der Waals surface area contributed by atoms with Crippen LogP contribution >= 0.6 is 0 Å². The van der Waals surface area contributed by atoms with Gasteiger partial charge in [0.2, 0.25) is 0 Å². The highest BCUT2D eigenvalue weighted by Crippen LogP contribution is 2.28. The largest absolute Gasteiger partial charge is 0.497 e. The second-order valence-electron chi connectivity index (χ2n) is 6.33. The van der Waals surface area contributed by atoms with Crippen molar-refractivity contribution in [2.75, 3.05) is 7.11 Å². The third-order valence-corrected chi connectivity index (χ3v) is 4.38. The number of amides is 3. The molecule has 1 heterocycles. The Kier molecular flexibility index (Phi) is 6.42. The zero-order valence-corrected chi connectivity index (χ0v) is 16.2. The van der Waals surface area contributed by atoms with Crippen LogP contribution in [-0.4, -0.2) is 25.3 Å². The Morgan fingerprint density at radius 2 is 1.86 bits per heavy atom. The molecule has 1 aliphatic heterocycles. The smallest absolute Gasteiger partial charge is 0.319 e. The summed E-state index contributed by atoms with van der Waals surface area (Å²) in [6, 6.07) is 16.0. The molecule has 2 aromatic rings. The molecule has 148 valence electrons. The predicted molar refractivity (Wildman–Crippen MR) is 112 cm³/mol. The van der Waals surface area contributed by atoms with Gasteiger partial charge in [0.1, 0.15) is 5.75 Å². The second-order valence-corrected chi connectivity index (χ2v) is 6.33. The molecular formula is C22H22N4O3. The molecule has 2 aromatic carbocycles. The number of methoxy groups -OCH3 is 1. The maximum atomic E-state index is 12.7. The number of nitrogens with zero attached hydrogens (tertiary/aromatic N) is 1. The van der Waals surface area contributed by atoms with Gasteiger partial charge in [0.15, 0.2) is 0 Å². The average Bonchev–Trinajstić information content (AvgIpc) is 2.73. The van der Waals surface area contributed by atoms with E-state index in [0.717, 1.165) is 11.1 Å². The summed E-state index contributed by atoms with van der Waals surface area (Å²) in [6.45, 7) is 1.68. The van der Waals surface area contributed by atoms with Crippen molar-refractivity contribution >= 4 is 24.2 Å². The van der Waals surface area contributed by atoms with Crippen LogP contribution in [0.15, 0.2) is 77.0 Å². The van der Waals surface area contributed by atoms with E-state index in [1.54, 1.807) is 32.2 Å². The van der Waals surface area contributed by atoms with Crippen LogP contribution in [0.2, 0.25) is 0 Å². The van der Waals surface area contributed by atoms with E-state index in [2.05, 4.69) is 21.2 Å². The van der Waals surface area contributed by atoms with E-state index in [4.69, 9.17) is 4.74 Å². The van der Waals surface area contributed by atoms with Gasteiger partial charge in [0.05, 0.1) is 18.7 Å². The molecule has 7 heteroatoms. The molecule has 3 amide bonds. The lowest BCUT2D eigenvalue weighted by Gasteiger charge is -2.28. The molecule has 7 nitrogen and oxygen atoms in total. The van der Waals surface area contributed by atoms with Gasteiger partial charge in [-0.05, 0) is 36.3 Å². The third kappa shape index (κ3) is 5.10. The van der Waals surface area contributed by atoms with E-state index in [1.807, 2.05) is 48.5 Å². The van der Waals surface area contributed by atoms with Crippen molar-refractivity contribution in [3.8, 4) is 5.75 Å². The maximum absolute atomic E-state index is 12.7. The second kappa shape index (κ2) is 9.36. The first-order chi connectivity index (χ1) is 14.1. The van der Waals surface area contributed by atoms with Crippen molar-refractivity contribution in [3.63, 3.8) is 0 Å². The monoisotopic (exact) mass is 390 g/mol. The van der Waals surface area contributed by atoms with Crippen molar-refractivity contribution in [3.05, 3.63) is 83.1 Å². The normalized spacial score (nSPS) is 16.6. The first kappa shape index (κ1) is 19.9. The lowest BCUT2D eigenvalue weighted by Crippen LogP contribution is -2.46. The van der Waals surface area contributed by atoms with Gasteiger partial charge in [-0.1, -0.05) is 48.5 Å². The highest BCUT2D eigenvalue weighted by atomic mass is 16.5. The first-order valence-electron chi connectivity index (χ1n) is 9.06. The molecule has 29 heavy (non-hydrogen) atoms. The van der Waals surface area contributed by atoms with E-state index < -0.39 is 11.9 Å². The SMILES string of the molecule is COc1ccc(C2NC(=O)NC(C)=C2C(=O)N/N=C/C=C/c2ccccc2)cc1. The molecule has 0 fully saturated rings. The number of hydrogen-bond acceptors (Lipinski definition) is 4. The molecule has 0 saturated heterocycles. The Morgan fingerprint density at radius 1 is 1.14 bits per heavy atom. The molecule has 1 atom stereocenters. The first-order valence-corrected chi connectivity index (χ1v) is 9.06. The van der Waals surface area contributed by atoms with Crippen molar-refractivity contribution in [2.24, 2.45) is 5.10 Å². The van der Waals surface area contributed by atoms with Crippen LogP contribution < -0.4 is 20.8 Å². The fourth-order valence-corrected chi connectivity index (χ4v) is 2.96. The summed E-state index contributed by atoms with van der Waals surface area (Å²) in [5, 5.41) is 9.38. The van der Waals surface area contributed by atoms with Crippen LogP contribution in [0.1, 0.15) is 24.1 Å². The van der Waals surface area contributed by atoms with Gasteiger partial charge in [-0.3, -0.25) is 4.79 Å². The summed E-state index contributed by atoms with van der Waals surface area (Å²) in [5.41, 5.74) is 5.17. The zero-order chi connectivity index (χ0) is 20.6. The van der Waals surface area contributed by atoms with Crippen LogP contribution in [-0.2, 0) is 4.79 Å². The fourth-order valence-electron chi connectivity index (χ4n) is 2.96. The molecule has 0 bridgehead atoms. The summed E-state index contributed by atoms with van der Waals surface area (Å²) < 4.78 is 5.16. The third-order valence-electron chi connectivity index (χ3n) is 4.38. The van der Waals surface area contributed by atoms with Gasteiger partial charge < -0.3 is 15.4 Å². The van der Waals surface area contributed by atoms with Crippen molar-refractivity contribution in [1.29, 1.82) is 0 Å². The molecule has 1 aliphatic rings. The van der Waals surface area contributed by atoms with E-state index >= 15 is 0 Å². The highest BCUT2D eigenvalue weighted by Gasteiger charge is 2.31. The molecule has 0 spiro atoms. The summed E-state index contributed by atoms with van der Waals surface area (Å²) in [5.74, 6) is 0.288. The number of urea groups is 1. The zero-order valence-electron chi connectivity index (χ0n) is 16.2. The average molecular weight is 390 g/mol. The molecule has 1 unspecified atom stereocenters. The van der Waals surface area contributed by atoms with E-state index in [0.29, 0.717) is 17.0 Å². The van der Waals surface area contributed by atoms with Crippen LogP contribution in [0.3, 0.4) is 0 Å². The topological polar surface area (TPSA) is 91.8 Å². The molecule has 0 saturated carbocycles. The number of hydrogen-bond donors (Lipinski definition) is 3. The van der Waals surface area contributed by atoms with Gasteiger partial charge in [-0.15, -0.1) is 0 Å². The molecule has 0 radical (unpaired) electrons. The summed E-state index contributed by atoms with van der Waals surface area (Å²) in [4.78, 5) is 24.7. The highest BCUT2D eigenvalue weighted by molar-refractivity contribution is 5.98. The molecule has 3 rings (SSSR count). The van der Waals surface area contributed by atoms with E-state index in [9.17, 15) is 9.59 Å². The number of hydrazone groups is 1.